The number of aliphatic hydroxyl groups is 1. The van der Waals surface area contributed by atoms with Crippen LogP contribution in [-0.4, -0.2) is 48.8 Å². The molecule has 1 heterocycles. The van der Waals surface area contributed by atoms with Crippen molar-refractivity contribution in [3.05, 3.63) is 29.8 Å². The summed E-state index contributed by atoms with van der Waals surface area (Å²) in [6, 6.07) is 7.75. The highest BCUT2D eigenvalue weighted by atomic mass is 35.5. The largest absolute Gasteiger partial charge is 0.427 e. The summed E-state index contributed by atoms with van der Waals surface area (Å²) in [5.41, 5.74) is 0.886. The van der Waals surface area contributed by atoms with E-state index in [1.165, 1.54) is 6.92 Å². The molecule has 0 amide bonds. The van der Waals surface area contributed by atoms with Crippen molar-refractivity contribution in [3.8, 4) is 5.75 Å². The minimum absolute atomic E-state index is 0. The third-order valence-corrected chi connectivity index (χ3v) is 4.12. The Morgan fingerprint density at radius 1 is 1.30 bits per heavy atom. The molecule has 0 saturated carbocycles. The lowest BCUT2D eigenvalue weighted by Crippen LogP contribution is -2.49. The number of hydrogen-bond donors (Lipinski definition) is 2. The number of aliphatic hydroxyl groups excluding tert-OH is 1. The predicted molar refractivity (Wildman–Crippen MR) is 93.0 cm³/mol. The second-order valence-electron chi connectivity index (χ2n) is 6.50. The molecule has 2 N–H and O–H groups in total. The van der Waals surface area contributed by atoms with E-state index in [0.717, 1.165) is 31.7 Å². The van der Waals surface area contributed by atoms with Gasteiger partial charge in [0.05, 0.1) is 0 Å². The molecule has 5 nitrogen and oxygen atoms in total. The Kier molecular flexibility index (Phi) is 7.48. The summed E-state index contributed by atoms with van der Waals surface area (Å²) in [7, 11) is 0. The van der Waals surface area contributed by atoms with Crippen LogP contribution in [0.4, 0.5) is 0 Å². The number of ether oxygens (including phenoxy) is 1. The highest BCUT2D eigenvalue weighted by molar-refractivity contribution is 5.85. The van der Waals surface area contributed by atoms with E-state index in [1.807, 2.05) is 24.3 Å². The van der Waals surface area contributed by atoms with Crippen molar-refractivity contribution in [3.63, 3.8) is 0 Å². The number of rotatable bonds is 5. The number of carbonyl (C=O) groups excluding carboxylic acids is 1. The second-order valence-corrected chi connectivity index (χ2v) is 6.50. The molecule has 130 valence electrons. The SMILES string of the molecule is CC(=O)Oc1ccc([C@@H](N2CCNCC2)C(C)(C)CO)cc1.Cl. The van der Waals surface area contributed by atoms with Crippen LogP contribution in [0.15, 0.2) is 24.3 Å². The molecule has 1 aliphatic rings. The average Bonchev–Trinajstić information content (AvgIpc) is 2.49. The fourth-order valence-corrected chi connectivity index (χ4v) is 3.07. The number of halogens is 1. The predicted octanol–water partition coefficient (Wildman–Crippen LogP) is 2.00. The van der Waals surface area contributed by atoms with Gasteiger partial charge in [0.2, 0.25) is 0 Å². The minimum Gasteiger partial charge on any atom is -0.427 e. The molecule has 1 aliphatic heterocycles. The van der Waals surface area contributed by atoms with E-state index in [1.54, 1.807) is 0 Å². The zero-order chi connectivity index (χ0) is 16.2. The fourth-order valence-electron chi connectivity index (χ4n) is 3.07. The monoisotopic (exact) mass is 342 g/mol. The first-order valence-corrected chi connectivity index (χ1v) is 7.78. The number of benzene rings is 1. The van der Waals surface area contributed by atoms with Gasteiger partial charge in [-0.05, 0) is 17.7 Å². The lowest BCUT2D eigenvalue weighted by atomic mass is 9.79. The number of carbonyl (C=O) groups is 1. The second kappa shape index (κ2) is 8.64. The van der Waals surface area contributed by atoms with E-state index in [-0.39, 0.29) is 36.4 Å². The number of esters is 1. The van der Waals surface area contributed by atoms with Crippen LogP contribution in [0.2, 0.25) is 0 Å². The molecule has 1 aromatic carbocycles. The van der Waals surface area contributed by atoms with E-state index < -0.39 is 0 Å². The lowest BCUT2D eigenvalue weighted by molar-refractivity contribution is -0.131. The van der Waals surface area contributed by atoms with Gasteiger partial charge in [-0.1, -0.05) is 26.0 Å². The number of nitrogens with one attached hydrogen (secondary N) is 1. The zero-order valence-corrected chi connectivity index (χ0v) is 14.9. The third-order valence-electron chi connectivity index (χ3n) is 4.12. The van der Waals surface area contributed by atoms with Crippen molar-refractivity contribution in [2.24, 2.45) is 5.41 Å². The maximum Gasteiger partial charge on any atom is 0.308 e. The van der Waals surface area contributed by atoms with Crippen molar-refractivity contribution >= 4 is 18.4 Å². The Bertz CT molecular complexity index is 499. The summed E-state index contributed by atoms with van der Waals surface area (Å²) in [4.78, 5) is 13.4. The smallest absolute Gasteiger partial charge is 0.308 e. The average molecular weight is 343 g/mol. The van der Waals surface area contributed by atoms with Crippen molar-refractivity contribution < 1.29 is 14.6 Å². The third kappa shape index (κ3) is 5.18. The first kappa shape index (κ1) is 19.9. The molecule has 0 aliphatic carbocycles. The van der Waals surface area contributed by atoms with Gasteiger partial charge in [0.25, 0.3) is 0 Å². The quantitative estimate of drug-likeness (QED) is 0.633. The van der Waals surface area contributed by atoms with Gasteiger partial charge >= 0.3 is 5.97 Å². The summed E-state index contributed by atoms with van der Waals surface area (Å²) in [6.45, 7) is 9.52. The van der Waals surface area contributed by atoms with E-state index in [2.05, 4.69) is 24.1 Å². The van der Waals surface area contributed by atoms with Crippen molar-refractivity contribution in [2.75, 3.05) is 32.8 Å². The van der Waals surface area contributed by atoms with Crippen LogP contribution in [0.5, 0.6) is 5.75 Å². The molecule has 0 bridgehead atoms. The molecule has 23 heavy (non-hydrogen) atoms. The summed E-state index contributed by atoms with van der Waals surface area (Å²) in [6.07, 6.45) is 0. The normalized spacial score (nSPS) is 17.2. The molecule has 6 heteroatoms. The van der Waals surface area contributed by atoms with Gasteiger partial charge in [-0.2, -0.15) is 0 Å². The summed E-state index contributed by atoms with van der Waals surface area (Å²) in [5, 5.41) is 13.2. The van der Waals surface area contributed by atoms with Crippen LogP contribution in [0.25, 0.3) is 0 Å². The summed E-state index contributed by atoms with van der Waals surface area (Å²) in [5.74, 6) is 0.235. The van der Waals surface area contributed by atoms with Gasteiger partial charge < -0.3 is 15.2 Å². The van der Waals surface area contributed by atoms with Crippen molar-refractivity contribution in [1.29, 1.82) is 0 Å². The van der Waals surface area contributed by atoms with Crippen LogP contribution in [0.1, 0.15) is 32.4 Å². The summed E-state index contributed by atoms with van der Waals surface area (Å²) < 4.78 is 5.09. The van der Waals surface area contributed by atoms with E-state index in [9.17, 15) is 9.90 Å². The van der Waals surface area contributed by atoms with E-state index in [4.69, 9.17) is 4.74 Å². The number of hydrogen-bond acceptors (Lipinski definition) is 5. The molecule has 2 rings (SSSR count). The van der Waals surface area contributed by atoms with E-state index in [0.29, 0.717) is 5.75 Å². The fraction of sp³-hybridized carbons (Fsp3) is 0.588. The van der Waals surface area contributed by atoms with Gasteiger partial charge in [0.15, 0.2) is 0 Å². The molecule has 1 atom stereocenters. The molecular weight excluding hydrogens is 316 g/mol. The maximum absolute atomic E-state index is 11.0. The van der Waals surface area contributed by atoms with Gasteiger partial charge in [-0.25, -0.2) is 0 Å². The molecule has 0 spiro atoms. The highest BCUT2D eigenvalue weighted by Crippen LogP contribution is 2.38. The molecular formula is C17H27ClN2O3. The van der Waals surface area contributed by atoms with Gasteiger partial charge in [-0.15, -0.1) is 12.4 Å². The van der Waals surface area contributed by atoms with Gasteiger partial charge in [0, 0.05) is 51.2 Å². The zero-order valence-electron chi connectivity index (χ0n) is 14.0. The Hall–Kier alpha value is -1.14. The maximum atomic E-state index is 11.0. The van der Waals surface area contributed by atoms with Gasteiger partial charge in [-0.3, -0.25) is 9.69 Å². The minimum atomic E-state index is -0.318. The van der Waals surface area contributed by atoms with Crippen LogP contribution in [0.3, 0.4) is 0 Å². The topological polar surface area (TPSA) is 61.8 Å². The molecule has 0 aromatic heterocycles. The summed E-state index contributed by atoms with van der Waals surface area (Å²) >= 11 is 0. The Morgan fingerprint density at radius 3 is 2.35 bits per heavy atom. The standard InChI is InChI=1S/C17H26N2O3.ClH/c1-13(21)22-15-6-4-14(5-7-15)16(17(2,3)12-20)19-10-8-18-9-11-19;/h4-7,16,18,20H,8-12H2,1-3H3;1H/t16-;/m1./s1. The number of nitrogens with zero attached hydrogens (tertiary/aromatic N) is 1. The van der Waals surface area contributed by atoms with E-state index >= 15 is 0 Å². The van der Waals surface area contributed by atoms with Gasteiger partial charge in [0.1, 0.15) is 5.75 Å². The Balaban J connectivity index is 0.00000264. The molecule has 1 fully saturated rings. The van der Waals surface area contributed by atoms with Crippen molar-refractivity contribution in [2.45, 2.75) is 26.8 Å². The molecule has 1 aromatic rings. The van der Waals surface area contributed by atoms with Crippen LogP contribution in [-0.2, 0) is 4.79 Å². The van der Waals surface area contributed by atoms with Crippen molar-refractivity contribution in [1.82, 2.24) is 10.2 Å². The highest BCUT2D eigenvalue weighted by Gasteiger charge is 2.35. The lowest BCUT2D eigenvalue weighted by Gasteiger charge is -2.43. The van der Waals surface area contributed by atoms with Crippen LogP contribution < -0.4 is 10.1 Å². The Labute approximate surface area is 144 Å². The molecule has 1 saturated heterocycles. The Morgan fingerprint density at radius 2 is 1.87 bits per heavy atom. The van der Waals surface area contributed by atoms with Crippen LogP contribution in [0, 0.1) is 5.41 Å². The van der Waals surface area contributed by atoms with Crippen LogP contribution >= 0.6 is 12.4 Å². The number of piperazine rings is 1. The first-order valence-electron chi connectivity index (χ1n) is 7.78. The molecule has 0 unspecified atom stereocenters. The first-order chi connectivity index (χ1) is 10.4. The molecule has 0 radical (unpaired) electrons.